The molecule has 1 aliphatic carbocycles. The molecule has 0 radical (unpaired) electrons. The second-order valence-corrected chi connectivity index (χ2v) is 9.59. The fourth-order valence-electron chi connectivity index (χ4n) is 4.04. The molecule has 1 fully saturated rings. The van der Waals surface area contributed by atoms with Crippen LogP contribution in [0.1, 0.15) is 43.2 Å². The maximum Gasteiger partial charge on any atom is 0.420 e. The molecule has 0 aliphatic heterocycles. The average molecular weight is 484 g/mol. The predicted molar refractivity (Wildman–Crippen MR) is 106 cm³/mol. The first-order valence-electron chi connectivity index (χ1n) is 10.1. The maximum absolute atomic E-state index is 13.9. The lowest BCUT2D eigenvalue weighted by molar-refractivity contribution is -0.185. The molecule has 1 N–H and O–H groups in total. The molecule has 4 nitrogen and oxygen atoms in total. The number of alkyl halides is 6. The fourth-order valence-corrected chi connectivity index (χ4v) is 4.55. The fraction of sp³-hybridized carbons (Fsp3) is 0.524. The highest BCUT2D eigenvalue weighted by molar-refractivity contribution is 7.85. The Bertz CT molecular complexity index is 1050. The quantitative estimate of drug-likeness (QED) is 0.393. The molecule has 32 heavy (non-hydrogen) atoms. The van der Waals surface area contributed by atoms with E-state index in [0.717, 1.165) is 0 Å². The number of hydrogen-bond donors (Lipinski definition) is 1. The van der Waals surface area contributed by atoms with Gasteiger partial charge in [-0.2, -0.15) is 34.8 Å². The molecule has 1 saturated carbocycles. The largest absolute Gasteiger partial charge is 0.490 e. The van der Waals surface area contributed by atoms with Crippen LogP contribution in [0.5, 0.6) is 5.75 Å². The molecule has 2 aromatic carbocycles. The van der Waals surface area contributed by atoms with Crippen LogP contribution >= 0.6 is 0 Å². The topological polar surface area (TPSA) is 63.6 Å². The number of halogens is 6. The summed E-state index contributed by atoms with van der Waals surface area (Å²) in [6.07, 6.45) is -10.0. The van der Waals surface area contributed by atoms with Crippen LogP contribution in [0, 0.1) is 5.92 Å². The number of ether oxygens (including phenoxy) is 1. The standard InChI is InChI=1S/C21H22F6O4S/c22-20(23,24)15-6-8-16(9-7-15)31-18-10-5-14-4-3-13(2-1-11-32(28,29)30)12-17(14)19(18)21(25,26)27/h3-5,10,12,15-16H,1-2,6-9,11H2,(H,28,29,30)/t15-,16+. The van der Waals surface area contributed by atoms with Crippen molar-refractivity contribution in [3.8, 4) is 5.75 Å². The average Bonchev–Trinajstić information content (AvgIpc) is 2.65. The Morgan fingerprint density at radius 1 is 0.969 bits per heavy atom. The van der Waals surface area contributed by atoms with Gasteiger partial charge in [0.2, 0.25) is 0 Å². The molecule has 0 bridgehead atoms. The smallest absolute Gasteiger partial charge is 0.420 e. The highest BCUT2D eigenvalue weighted by atomic mass is 32.2. The summed E-state index contributed by atoms with van der Waals surface area (Å²) in [6.45, 7) is 0. The van der Waals surface area contributed by atoms with Gasteiger partial charge in [0.25, 0.3) is 10.1 Å². The van der Waals surface area contributed by atoms with E-state index in [2.05, 4.69) is 0 Å². The molecule has 2 aromatic rings. The number of hydrogen-bond acceptors (Lipinski definition) is 3. The van der Waals surface area contributed by atoms with Crippen molar-refractivity contribution in [2.45, 2.75) is 57.0 Å². The van der Waals surface area contributed by atoms with Gasteiger partial charge in [0.1, 0.15) is 11.3 Å². The molecular weight excluding hydrogens is 462 g/mol. The van der Waals surface area contributed by atoms with E-state index in [-0.39, 0.29) is 43.9 Å². The first-order chi connectivity index (χ1) is 14.7. The minimum atomic E-state index is -4.77. The van der Waals surface area contributed by atoms with E-state index in [1.165, 1.54) is 24.3 Å². The predicted octanol–water partition coefficient (Wildman–Crippen LogP) is 6.18. The van der Waals surface area contributed by atoms with Gasteiger partial charge in [-0.05, 0) is 60.9 Å². The van der Waals surface area contributed by atoms with E-state index in [4.69, 9.17) is 9.29 Å². The van der Waals surface area contributed by atoms with Gasteiger partial charge in [-0.25, -0.2) is 0 Å². The molecule has 0 aromatic heterocycles. The molecule has 0 unspecified atom stereocenters. The van der Waals surface area contributed by atoms with E-state index in [0.29, 0.717) is 10.9 Å². The van der Waals surface area contributed by atoms with Crippen LogP contribution in [0.15, 0.2) is 30.3 Å². The number of benzene rings is 2. The van der Waals surface area contributed by atoms with Crippen molar-refractivity contribution in [3.63, 3.8) is 0 Å². The summed E-state index contributed by atoms with van der Waals surface area (Å²) in [4.78, 5) is 0. The molecule has 1 aliphatic rings. The Morgan fingerprint density at radius 3 is 2.16 bits per heavy atom. The molecule has 11 heteroatoms. The van der Waals surface area contributed by atoms with Crippen molar-refractivity contribution < 1.29 is 44.0 Å². The Hall–Kier alpha value is -2.01. The highest BCUT2D eigenvalue weighted by Crippen LogP contribution is 2.44. The second-order valence-electron chi connectivity index (χ2n) is 8.01. The van der Waals surface area contributed by atoms with Crippen molar-refractivity contribution in [2.24, 2.45) is 5.92 Å². The van der Waals surface area contributed by atoms with Gasteiger partial charge in [0.05, 0.1) is 17.8 Å². The summed E-state index contributed by atoms with van der Waals surface area (Å²) in [7, 11) is -4.17. The van der Waals surface area contributed by atoms with Gasteiger partial charge in [-0.15, -0.1) is 0 Å². The van der Waals surface area contributed by atoms with E-state index in [1.807, 2.05) is 0 Å². The molecule has 178 valence electrons. The van der Waals surface area contributed by atoms with Crippen molar-refractivity contribution >= 4 is 20.9 Å². The minimum absolute atomic E-state index is 0.00911. The first-order valence-corrected chi connectivity index (χ1v) is 11.7. The Balaban J connectivity index is 1.86. The molecule has 0 saturated heterocycles. The molecule has 0 atom stereocenters. The summed E-state index contributed by atoms with van der Waals surface area (Å²) >= 11 is 0. The number of rotatable bonds is 6. The molecule has 0 heterocycles. The lowest BCUT2D eigenvalue weighted by Crippen LogP contribution is -2.32. The summed E-state index contributed by atoms with van der Waals surface area (Å²) in [5.41, 5.74) is -0.556. The number of fused-ring (bicyclic) bond motifs is 1. The number of aryl methyl sites for hydroxylation is 1. The normalized spacial score (nSPS) is 20.5. The summed E-state index contributed by atoms with van der Waals surface area (Å²) < 4.78 is 116. The van der Waals surface area contributed by atoms with Gasteiger partial charge in [-0.1, -0.05) is 24.3 Å². The second kappa shape index (κ2) is 9.09. The van der Waals surface area contributed by atoms with Crippen LogP contribution in [0.2, 0.25) is 0 Å². The third-order valence-corrected chi connectivity index (χ3v) is 6.43. The maximum atomic E-state index is 13.9. The summed E-state index contributed by atoms with van der Waals surface area (Å²) in [5.74, 6) is -2.41. The minimum Gasteiger partial charge on any atom is -0.490 e. The van der Waals surface area contributed by atoms with Crippen LogP contribution in [0.4, 0.5) is 26.3 Å². The Labute approximate surface area is 181 Å². The van der Waals surface area contributed by atoms with E-state index in [9.17, 15) is 34.8 Å². The Kier molecular flexibility index (Phi) is 6.99. The summed E-state index contributed by atoms with van der Waals surface area (Å²) in [5, 5.41) is 0.160. The van der Waals surface area contributed by atoms with Crippen LogP contribution in [-0.2, 0) is 22.7 Å². The van der Waals surface area contributed by atoms with Crippen LogP contribution in [-0.4, -0.2) is 31.0 Å². The monoisotopic (exact) mass is 484 g/mol. The van der Waals surface area contributed by atoms with E-state index in [1.54, 1.807) is 6.07 Å². The van der Waals surface area contributed by atoms with Crippen molar-refractivity contribution in [3.05, 3.63) is 41.5 Å². The van der Waals surface area contributed by atoms with Gasteiger partial charge in [0, 0.05) is 0 Å². The van der Waals surface area contributed by atoms with Crippen LogP contribution in [0.25, 0.3) is 10.8 Å². The zero-order valence-corrected chi connectivity index (χ0v) is 17.7. The van der Waals surface area contributed by atoms with Crippen molar-refractivity contribution in [1.82, 2.24) is 0 Å². The van der Waals surface area contributed by atoms with Crippen molar-refractivity contribution in [1.29, 1.82) is 0 Å². The van der Waals surface area contributed by atoms with Crippen molar-refractivity contribution in [2.75, 3.05) is 5.75 Å². The zero-order chi connectivity index (χ0) is 23.7. The van der Waals surface area contributed by atoms with Gasteiger partial charge in [-0.3, -0.25) is 4.55 Å². The Morgan fingerprint density at radius 2 is 1.59 bits per heavy atom. The third kappa shape index (κ3) is 6.28. The lowest BCUT2D eigenvalue weighted by Gasteiger charge is -2.31. The highest BCUT2D eigenvalue weighted by Gasteiger charge is 2.42. The van der Waals surface area contributed by atoms with Crippen LogP contribution in [0.3, 0.4) is 0 Å². The van der Waals surface area contributed by atoms with Crippen LogP contribution < -0.4 is 4.74 Å². The van der Waals surface area contributed by atoms with Gasteiger partial charge >= 0.3 is 12.4 Å². The van der Waals surface area contributed by atoms with Gasteiger partial charge in [0.15, 0.2) is 0 Å². The summed E-state index contributed by atoms with van der Waals surface area (Å²) in [6, 6.07) is 6.98. The molecular formula is C21H22F6O4S. The molecule has 3 rings (SSSR count). The molecule has 0 spiro atoms. The van der Waals surface area contributed by atoms with E-state index < -0.39 is 51.6 Å². The SMILES string of the molecule is O=S(=O)(O)CCCc1ccc2ccc(O[C@H]3CC[C@@H](C(F)(F)F)CC3)c(C(F)(F)F)c2c1. The lowest BCUT2D eigenvalue weighted by atomic mass is 9.87. The zero-order valence-electron chi connectivity index (χ0n) is 16.8. The molecule has 0 amide bonds. The third-order valence-electron chi connectivity index (χ3n) is 5.63. The van der Waals surface area contributed by atoms with E-state index >= 15 is 0 Å². The first kappa shape index (κ1) is 24.6. The van der Waals surface area contributed by atoms with Gasteiger partial charge < -0.3 is 4.74 Å².